The highest BCUT2D eigenvalue weighted by atomic mass is 16.5. The molecule has 0 aliphatic heterocycles. The topological polar surface area (TPSA) is 9.23 Å². The van der Waals surface area contributed by atoms with Gasteiger partial charge in [0.05, 0.1) is 6.10 Å². The van der Waals surface area contributed by atoms with Crippen LogP contribution in [0, 0.1) is 58.7 Å². The van der Waals surface area contributed by atoms with Crippen molar-refractivity contribution in [1.29, 1.82) is 0 Å². The van der Waals surface area contributed by atoms with Gasteiger partial charge in [0.15, 0.2) is 0 Å². The maximum atomic E-state index is 6.49. The van der Waals surface area contributed by atoms with Crippen LogP contribution in [0.1, 0.15) is 182 Å². The van der Waals surface area contributed by atoms with Gasteiger partial charge in [-0.15, -0.1) is 0 Å². The van der Waals surface area contributed by atoms with Crippen LogP contribution < -0.4 is 0 Å². The Morgan fingerprint density at radius 3 is 1.63 bits per heavy atom. The molecule has 6 rings (SSSR count). The molecule has 0 heterocycles. The van der Waals surface area contributed by atoms with Crippen molar-refractivity contribution in [3.05, 3.63) is 70.3 Å². The molecule has 0 saturated heterocycles. The third-order valence-electron chi connectivity index (χ3n) is 15.6. The monoisotopic (exact) mass is 695 g/mol. The summed E-state index contributed by atoms with van der Waals surface area (Å²) in [6, 6.07) is 17.7. The number of ether oxygens (including phenoxy) is 1. The highest BCUT2D eigenvalue weighted by Crippen LogP contribution is 2.63. The van der Waals surface area contributed by atoms with Gasteiger partial charge in [-0.25, -0.2) is 0 Å². The minimum absolute atomic E-state index is 0.150. The molecule has 1 nitrogen and oxygen atoms in total. The molecule has 51 heavy (non-hydrogen) atoms. The van der Waals surface area contributed by atoms with Crippen LogP contribution in [0.2, 0.25) is 0 Å². The maximum Gasteiger partial charge on any atom is 0.0605 e. The molecule has 0 amide bonds. The second-order valence-corrected chi connectivity index (χ2v) is 22.9. The molecule has 4 saturated carbocycles. The summed E-state index contributed by atoms with van der Waals surface area (Å²) in [5, 5.41) is 0. The van der Waals surface area contributed by atoms with Crippen LogP contribution in [0.5, 0.6) is 0 Å². The Balaban J connectivity index is 1.31. The van der Waals surface area contributed by atoms with Crippen molar-refractivity contribution in [2.45, 2.75) is 176 Å². The molecule has 4 fully saturated rings. The molecule has 0 N–H and O–H groups in total. The van der Waals surface area contributed by atoms with Crippen molar-refractivity contribution < 1.29 is 4.74 Å². The average molecular weight is 695 g/mol. The van der Waals surface area contributed by atoms with E-state index in [-0.39, 0.29) is 16.2 Å². The van der Waals surface area contributed by atoms with Gasteiger partial charge in [0.25, 0.3) is 0 Å². The first-order valence-electron chi connectivity index (χ1n) is 21.4. The highest BCUT2D eigenvalue weighted by molar-refractivity contribution is 5.40. The van der Waals surface area contributed by atoms with Crippen molar-refractivity contribution >= 4 is 0 Å². The third kappa shape index (κ3) is 7.82. The summed E-state index contributed by atoms with van der Waals surface area (Å²) in [7, 11) is 2.03. The van der Waals surface area contributed by atoms with Gasteiger partial charge in [-0.1, -0.05) is 139 Å². The fraction of sp³-hybridized carbons (Fsp3) is 0.760. The summed E-state index contributed by atoms with van der Waals surface area (Å²) < 4.78 is 6.49. The summed E-state index contributed by atoms with van der Waals surface area (Å²) in [4.78, 5) is 0. The zero-order chi connectivity index (χ0) is 37.4. The Morgan fingerprint density at radius 1 is 0.549 bits per heavy atom. The lowest BCUT2D eigenvalue weighted by atomic mass is 9.58. The number of hydrogen-bond acceptors (Lipinski definition) is 1. The molecule has 1 heteroatoms. The molecule has 284 valence electrons. The second kappa shape index (κ2) is 13.9. The van der Waals surface area contributed by atoms with Gasteiger partial charge >= 0.3 is 0 Å². The van der Waals surface area contributed by atoms with Crippen molar-refractivity contribution in [2.75, 3.05) is 7.11 Å². The molecule has 2 aromatic rings. The molecule has 12 atom stereocenters. The number of hydrogen-bond donors (Lipinski definition) is 0. The van der Waals surface area contributed by atoms with Gasteiger partial charge in [-0.3, -0.25) is 0 Å². The molecule has 0 spiro atoms. The van der Waals surface area contributed by atoms with Gasteiger partial charge in [-0.05, 0) is 160 Å². The van der Waals surface area contributed by atoms with E-state index in [0.29, 0.717) is 29.3 Å². The van der Waals surface area contributed by atoms with Crippen LogP contribution in [0.15, 0.2) is 42.5 Å². The highest BCUT2D eigenvalue weighted by Gasteiger charge is 2.55. The van der Waals surface area contributed by atoms with E-state index in [1.807, 2.05) is 7.11 Å². The van der Waals surface area contributed by atoms with Gasteiger partial charge in [0.1, 0.15) is 0 Å². The van der Waals surface area contributed by atoms with Crippen LogP contribution >= 0.6 is 0 Å². The fourth-order valence-corrected chi connectivity index (χ4v) is 12.3. The lowest BCUT2D eigenvalue weighted by molar-refractivity contribution is -0.0280. The van der Waals surface area contributed by atoms with Crippen LogP contribution in [-0.2, 0) is 21.0 Å². The molecule has 0 aromatic heterocycles. The van der Waals surface area contributed by atoms with E-state index in [1.165, 1.54) is 61.6 Å². The van der Waals surface area contributed by atoms with Gasteiger partial charge < -0.3 is 4.74 Å². The lowest BCUT2D eigenvalue weighted by Crippen LogP contribution is -2.40. The molecule has 12 unspecified atom stereocenters. The van der Waals surface area contributed by atoms with E-state index in [4.69, 9.17) is 4.74 Å². The minimum atomic E-state index is 0.150. The van der Waals surface area contributed by atoms with E-state index < -0.39 is 0 Å². The van der Waals surface area contributed by atoms with Crippen molar-refractivity contribution in [3.8, 4) is 0 Å². The normalized spacial score (nSPS) is 36.2. The second-order valence-electron chi connectivity index (χ2n) is 22.9. The predicted molar refractivity (Wildman–Crippen MR) is 220 cm³/mol. The van der Waals surface area contributed by atoms with Crippen molar-refractivity contribution in [1.82, 2.24) is 0 Å². The summed E-state index contributed by atoms with van der Waals surface area (Å²) in [5.41, 5.74) is 8.58. The zero-order valence-electron chi connectivity index (χ0n) is 35.8. The van der Waals surface area contributed by atoms with Crippen LogP contribution in [-0.4, -0.2) is 13.2 Å². The number of methoxy groups -OCH3 is 1. The van der Waals surface area contributed by atoms with Crippen LogP contribution in [0.3, 0.4) is 0 Å². The number of rotatable bonds is 5. The maximum absolute atomic E-state index is 6.49. The van der Waals surface area contributed by atoms with Gasteiger partial charge in [0.2, 0.25) is 0 Å². The molecule has 4 aliphatic rings. The van der Waals surface area contributed by atoms with E-state index >= 15 is 0 Å². The van der Waals surface area contributed by atoms with E-state index in [0.717, 1.165) is 47.3 Å². The largest absolute Gasteiger partial charge is 0.381 e. The molecular formula is C50H78O. The smallest absolute Gasteiger partial charge is 0.0605 e. The van der Waals surface area contributed by atoms with E-state index in [1.54, 1.807) is 11.1 Å². The Kier molecular flexibility index (Phi) is 10.7. The van der Waals surface area contributed by atoms with Gasteiger partial charge in [-0.2, -0.15) is 0 Å². The molecule has 0 bridgehead atoms. The first-order chi connectivity index (χ1) is 23.6. The van der Waals surface area contributed by atoms with E-state index in [2.05, 4.69) is 139 Å². The summed E-state index contributed by atoms with van der Waals surface area (Å²) >= 11 is 0. The Hall–Kier alpha value is -1.60. The zero-order valence-corrected chi connectivity index (χ0v) is 35.8. The Bertz CT molecular complexity index is 1450. The minimum Gasteiger partial charge on any atom is -0.381 e. The average Bonchev–Trinajstić information content (AvgIpc) is 3.53. The number of fused-ring (bicyclic) bond motifs is 2. The van der Waals surface area contributed by atoms with Crippen molar-refractivity contribution in [2.24, 2.45) is 58.7 Å². The molecule has 4 aliphatic carbocycles. The Labute approximate surface area is 315 Å². The van der Waals surface area contributed by atoms with Crippen LogP contribution in [0.25, 0.3) is 0 Å². The summed E-state index contributed by atoms with van der Waals surface area (Å²) in [6.07, 6.45) is 9.88. The Morgan fingerprint density at radius 2 is 1.10 bits per heavy atom. The standard InChI is InChI=1S/C50H78O/c1-30-22-42-41(32-16-18-34(19-17-32)47(3,4)5)27-37(50(12,13)14)28-43(42)39(30)29-40-31(2)23-44-38(20-21-45(51-15)46(40)44)33-24-35(48(6,7)8)26-36(25-33)49(9,10)11/h16-19,24-26,30-31,37-46H,20-23,27-29H2,1-15H3. The lowest BCUT2D eigenvalue weighted by Gasteiger charge is -2.47. The first kappa shape index (κ1) is 39.1. The summed E-state index contributed by atoms with van der Waals surface area (Å²) in [6.45, 7) is 34.3. The number of benzene rings is 2. The quantitative estimate of drug-likeness (QED) is 0.303. The first-order valence-corrected chi connectivity index (χ1v) is 21.4. The van der Waals surface area contributed by atoms with Crippen molar-refractivity contribution in [3.63, 3.8) is 0 Å². The molecule has 2 aromatic carbocycles. The van der Waals surface area contributed by atoms with Gasteiger partial charge in [0, 0.05) is 7.11 Å². The molecule has 0 radical (unpaired) electrons. The van der Waals surface area contributed by atoms with Crippen LogP contribution in [0.4, 0.5) is 0 Å². The SMILES string of the molecule is COC1CCC(c2cc(C(C)(C)C)cc(C(C)(C)C)c2)C2CC(C)C(CC3C(C)CC4C(c5ccc(C(C)(C)C)cc5)CC(C(C)(C)C)CC34)C12. The van der Waals surface area contributed by atoms with E-state index in [9.17, 15) is 0 Å². The molecular weight excluding hydrogens is 617 g/mol. The summed E-state index contributed by atoms with van der Waals surface area (Å²) in [5.74, 6) is 8.35. The predicted octanol–water partition coefficient (Wildman–Crippen LogP) is 13.9. The third-order valence-corrected chi connectivity index (χ3v) is 15.6. The fourth-order valence-electron chi connectivity index (χ4n) is 12.3.